The lowest BCUT2D eigenvalue weighted by molar-refractivity contribution is 0.987. The summed E-state index contributed by atoms with van der Waals surface area (Å²) >= 11 is 3.28. The average molecular weight is 280 g/mol. The fraction of sp³-hybridized carbons (Fsp3) is 0.100. The molecule has 1 aromatic carbocycles. The first-order valence-electron chi connectivity index (χ1n) is 4.66. The molecule has 82 valence electrons. The summed E-state index contributed by atoms with van der Waals surface area (Å²) in [4.78, 5) is 12.2. The number of rotatable bonds is 3. The van der Waals surface area contributed by atoms with Crippen LogP contribution in [0, 0.1) is 0 Å². The van der Waals surface area contributed by atoms with Crippen LogP contribution in [-0.2, 0) is 5.33 Å². The number of anilines is 3. The second kappa shape index (κ2) is 4.89. The van der Waals surface area contributed by atoms with Crippen molar-refractivity contribution in [2.24, 2.45) is 0 Å². The van der Waals surface area contributed by atoms with Crippen LogP contribution in [0.25, 0.3) is 0 Å². The summed E-state index contributed by atoms with van der Waals surface area (Å²) < 4.78 is 0. The minimum atomic E-state index is 0.211. The Labute approximate surface area is 101 Å². The molecule has 0 bridgehead atoms. The van der Waals surface area contributed by atoms with Gasteiger partial charge in [0.1, 0.15) is 5.82 Å². The zero-order chi connectivity index (χ0) is 11.4. The summed E-state index contributed by atoms with van der Waals surface area (Å²) in [7, 11) is 0. The van der Waals surface area contributed by atoms with Gasteiger partial charge in [-0.15, -0.1) is 0 Å². The molecule has 0 aliphatic carbocycles. The summed E-state index contributed by atoms with van der Waals surface area (Å²) in [5.41, 5.74) is 6.48. The van der Waals surface area contributed by atoms with Gasteiger partial charge in [-0.25, -0.2) is 0 Å². The molecule has 0 saturated carbocycles. The van der Waals surface area contributed by atoms with E-state index in [-0.39, 0.29) is 5.95 Å². The number of nitrogens with zero attached hydrogens (tertiary/aromatic N) is 3. The predicted octanol–water partition coefficient (Wildman–Crippen LogP) is 2.09. The van der Waals surface area contributed by atoms with Crippen LogP contribution >= 0.6 is 15.9 Å². The molecule has 0 fully saturated rings. The van der Waals surface area contributed by atoms with Crippen LogP contribution in [0.5, 0.6) is 0 Å². The van der Waals surface area contributed by atoms with Crippen LogP contribution in [0.3, 0.4) is 0 Å². The van der Waals surface area contributed by atoms with Crippen molar-refractivity contribution in [3.63, 3.8) is 0 Å². The molecule has 16 heavy (non-hydrogen) atoms. The van der Waals surface area contributed by atoms with Crippen LogP contribution in [0.15, 0.2) is 30.3 Å². The normalized spacial score (nSPS) is 10.1. The highest BCUT2D eigenvalue weighted by Crippen LogP contribution is 2.13. The van der Waals surface area contributed by atoms with E-state index in [1.165, 1.54) is 0 Å². The third kappa shape index (κ3) is 2.66. The van der Waals surface area contributed by atoms with E-state index >= 15 is 0 Å². The quantitative estimate of drug-likeness (QED) is 0.842. The standard InChI is InChI=1S/C10H10BrN5/c11-6-8-14-9(12)16-10(15-8)13-7-4-2-1-3-5-7/h1-5H,6H2,(H3,12,13,14,15,16). The van der Waals surface area contributed by atoms with Gasteiger partial charge in [0, 0.05) is 5.69 Å². The van der Waals surface area contributed by atoms with E-state index in [0.29, 0.717) is 17.1 Å². The first-order chi connectivity index (χ1) is 7.78. The number of nitrogens with two attached hydrogens (primary N) is 1. The second-order valence-corrected chi connectivity index (χ2v) is 3.62. The Morgan fingerprint density at radius 1 is 1.12 bits per heavy atom. The Morgan fingerprint density at radius 2 is 1.88 bits per heavy atom. The highest BCUT2D eigenvalue weighted by molar-refractivity contribution is 9.08. The lowest BCUT2D eigenvalue weighted by atomic mass is 10.3. The molecule has 5 nitrogen and oxygen atoms in total. The molecule has 0 unspecified atom stereocenters. The molecule has 2 aromatic rings. The van der Waals surface area contributed by atoms with Crippen molar-refractivity contribution >= 4 is 33.5 Å². The third-order valence-corrected chi connectivity index (χ3v) is 2.35. The first-order valence-corrected chi connectivity index (χ1v) is 5.78. The summed E-state index contributed by atoms with van der Waals surface area (Å²) in [5, 5.41) is 3.60. The fourth-order valence-electron chi connectivity index (χ4n) is 1.20. The molecule has 2 rings (SSSR count). The minimum absolute atomic E-state index is 0.211. The molecule has 0 spiro atoms. The topological polar surface area (TPSA) is 76.7 Å². The molecule has 0 amide bonds. The molecular formula is C10H10BrN5. The lowest BCUT2D eigenvalue weighted by Gasteiger charge is -2.05. The van der Waals surface area contributed by atoms with Gasteiger partial charge in [-0.3, -0.25) is 0 Å². The van der Waals surface area contributed by atoms with Crippen LogP contribution in [0.4, 0.5) is 17.6 Å². The molecular weight excluding hydrogens is 270 g/mol. The highest BCUT2D eigenvalue weighted by atomic mass is 79.9. The van der Waals surface area contributed by atoms with Crippen LogP contribution in [0.1, 0.15) is 5.82 Å². The van der Waals surface area contributed by atoms with E-state index in [4.69, 9.17) is 5.73 Å². The Kier molecular flexibility index (Phi) is 3.31. The first kappa shape index (κ1) is 10.8. The number of nitrogen functional groups attached to an aromatic ring is 1. The van der Waals surface area contributed by atoms with Gasteiger partial charge < -0.3 is 11.1 Å². The smallest absolute Gasteiger partial charge is 0.232 e. The van der Waals surface area contributed by atoms with Gasteiger partial charge in [0.2, 0.25) is 11.9 Å². The molecule has 1 heterocycles. The molecule has 0 aliphatic heterocycles. The summed E-state index contributed by atoms with van der Waals surface area (Å²) in [6, 6.07) is 9.65. The van der Waals surface area contributed by atoms with Gasteiger partial charge in [0.15, 0.2) is 0 Å². The molecule has 0 saturated heterocycles. The monoisotopic (exact) mass is 279 g/mol. The van der Waals surface area contributed by atoms with Gasteiger partial charge >= 0.3 is 0 Å². The molecule has 0 radical (unpaired) electrons. The molecule has 0 aliphatic rings. The van der Waals surface area contributed by atoms with Crippen molar-refractivity contribution in [2.45, 2.75) is 5.33 Å². The van der Waals surface area contributed by atoms with Crippen molar-refractivity contribution in [3.05, 3.63) is 36.2 Å². The number of para-hydroxylation sites is 1. The van der Waals surface area contributed by atoms with E-state index in [1.807, 2.05) is 30.3 Å². The Bertz CT molecular complexity index is 474. The van der Waals surface area contributed by atoms with E-state index in [1.54, 1.807) is 0 Å². The molecule has 1 aromatic heterocycles. The SMILES string of the molecule is Nc1nc(CBr)nc(Nc2ccccc2)n1. The number of nitrogens with one attached hydrogen (secondary N) is 1. The summed E-state index contributed by atoms with van der Waals surface area (Å²) in [5.74, 6) is 1.27. The maximum absolute atomic E-state index is 5.57. The maximum atomic E-state index is 5.57. The van der Waals surface area contributed by atoms with Gasteiger partial charge in [-0.2, -0.15) is 15.0 Å². The van der Waals surface area contributed by atoms with Crippen molar-refractivity contribution in [1.82, 2.24) is 15.0 Å². The zero-order valence-corrected chi connectivity index (χ0v) is 9.98. The Balaban J connectivity index is 2.24. The van der Waals surface area contributed by atoms with E-state index in [0.717, 1.165) is 5.69 Å². The van der Waals surface area contributed by atoms with Gasteiger partial charge in [0.05, 0.1) is 5.33 Å². The Morgan fingerprint density at radius 3 is 2.56 bits per heavy atom. The van der Waals surface area contributed by atoms with E-state index < -0.39 is 0 Å². The Hall–Kier alpha value is -1.69. The summed E-state index contributed by atoms with van der Waals surface area (Å²) in [6.07, 6.45) is 0. The number of hydrogen-bond donors (Lipinski definition) is 2. The molecule has 3 N–H and O–H groups in total. The number of hydrogen-bond acceptors (Lipinski definition) is 5. The lowest BCUT2D eigenvalue weighted by Crippen LogP contribution is -2.05. The van der Waals surface area contributed by atoms with Crippen molar-refractivity contribution in [2.75, 3.05) is 11.1 Å². The fourth-order valence-corrected chi connectivity index (χ4v) is 1.45. The largest absolute Gasteiger partial charge is 0.368 e. The van der Waals surface area contributed by atoms with Gasteiger partial charge in [-0.1, -0.05) is 34.1 Å². The number of benzene rings is 1. The van der Waals surface area contributed by atoms with E-state index in [9.17, 15) is 0 Å². The summed E-state index contributed by atoms with van der Waals surface area (Å²) in [6.45, 7) is 0. The number of aromatic nitrogens is 3. The average Bonchev–Trinajstić information content (AvgIpc) is 2.29. The second-order valence-electron chi connectivity index (χ2n) is 3.06. The van der Waals surface area contributed by atoms with Crippen molar-refractivity contribution < 1.29 is 0 Å². The maximum Gasteiger partial charge on any atom is 0.232 e. The van der Waals surface area contributed by atoms with Crippen molar-refractivity contribution in [1.29, 1.82) is 0 Å². The van der Waals surface area contributed by atoms with Crippen LogP contribution in [0.2, 0.25) is 0 Å². The molecule has 0 atom stereocenters. The van der Waals surface area contributed by atoms with Gasteiger partial charge in [0.25, 0.3) is 0 Å². The van der Waals surface area contributed by atoms with Crippen LogP contribution < -0.4 is 11.1 Å². The van der Waals surface area contributed by atoms with E-state index in [2.05, 4.69) is 36.2 Å². The van der Waals surface area contributed by atoms with Crippen molar-refractivity contribution in [3.8, 4) is 0 Å². The number of halogens is 1. The number of alkyl halides is 1. The highest BCUT2D eigenvalue weighted by Gasteiger charge is 2.03. The van der Waals surface area contributed by atoms with Crippen LogP contribution in [-0.4, -0.2) is 15.0 Å². The van der Waals surface area contributed by atoms with Gasteiger partial charge in [-0.05, 0) is 12.1 Å². The zero-order valence-electron chi connectivity index (χ0n) is 8.39. The predicted molar refractivity (Wildman–Crippen MR) is 66.6 cm³/mol. The molecule has 6 heteroatoms. The minimum Gasteiger partial charge on any atom is -0.368 e. The third-order valence-electron chi connectivity index (χ3n) is 1.85.